The molecule has 1 aliphatic heterocycles. The Bertz CT molecular complexity index is 1040. The Hall–Kier alpha value is -3.72. The molecule has 2 aromatic rings. The zero-order chi connectivity index (χ0) is 25.9. The Morgan fingerprint density at radius 2 is 1.61 bits per heavy atom. The number of nitrogens with one attached hydrogen (secondary N) is 1. The van der Waals surface area contributed by atoms with E-state index in [0.717, 1.165) is 37.4 Å². The summed E-state index contributed by atoms with van der Waals surface area (Å²) in [6.45, 7) is 4.35. The summed E-state index contributed by atoms with van der Waals surface area (Å²) < 4.78 is 21.2. The number of benzene rings is 2. The fraction of sp³-hybridized carbons (Fsp3) is 0.407. The van der Waals surface area contributed by atoms with Crippen molar-refractivity contribution in [1.29, 1.82) is 0 Å². The molecule has 0 bridgehead atoms. The van der Waals surface area contributed by atoms with E-state index in [9.17, 15) is 9.59 Å². The first-order chi connectivity index (χ1) is 17.5. The topological polar surface area (TPSA) is 89.6 Å². The third kappa shape index (κ3) is 7.14. The molecule has 3 rings (SSSR count). The predicted octanol–water partition coefficient (Wildman–Crippen LogP) is 2.70. The van der Waals surface area contributed by atoms with E-state index in [2.05, 4.69) is 10.2 Å². The molecule has 0 spiro atoms. The van der Waals surface area contributed by atoms with Crippen molar-refractivity contribution < 1.29 is 28.5 Å². The molecule has 1 aliphatic rings. The Morgan fingerprint density at radius 1 is 0.917 bits per heavy atom. The number of nitrogens with zero attached hydrogens (tertiary/aromatic N) is 2. The summed E-state index contributed by atoms with van der Waals surface area (Å²) in [5.41, 5.74) is 1.37. The highest BCUT2D eigenvalue weighted by molar-refractivity contribution is 5.95. The van der Waals surface area contributed by atoms with Gasteiger partial charge in [0.2, 0.25) is 11.7 Å². The minimum absolute atomic E-state index is 0.00933. The molecule has 2 amide bonds. The lowest BCUT2D eigenvalue weighted by molar-refractivity contribution is -0.127. The SMILES string of the molecule is COc1cccc(/C=C/C(=O)N2CCN(CCCNC(=O)c3cc(OC)c(OC)c(OC)c3)CC2)c1. The number of hydrogen-bond donors (Lipinski definition) is 1. The van der Waals surface area contributed by atoms with Crippen LogP contribution in [0.5, 0.6) is 23.0 Å². The van der Waals surface area contributed by atoms with Crippen LogP contribution in [0.25, 0.3) is 6.08 Å². The van der Waals surface area contributed by atoms with Gasteiger partial charge in [0.1, 0.15) is 5.75 Å². The number of ether oxygens (including phenoxy) is 4. The van der Waals surface area contributed by atoms with Gasteiger partial charge in [0.15, 0.2) is 11.5 Å². The molecule has 194 valence electrons. The Morgan fingerprint density at radius 3 is 2.22 bits per heavy atom. The van der Waals surface area contributed by atoms with Crippen molar-refractivity contribution in [1.82, 2.24) is 15.1 Å². The molecule has 1 heterocycles. The van der Waals surface area contributed by atoms with Gasteiger partial charge in [0.25, 0.3) is 5.91 Å². The average molecular weight is 498 g/mol. The minimum atomic E-state index is -0.201. The second-order valence-electron chi connectivity index (χ2n) is 8.30. The molecule has 0 saturated carbocycles. The normalized spacial score (nSPS) is 13.9. The zero-order valence-corrected chi connectivity index (χ0v) is 21.4. The van der Waals surface area contributed by atoms with E-state index in [1.165, 1.54) is 21.3 Å². The minimum Gasteiger partial charge on any atom is -0.497 e. The molecular weight excluding hydrogens is 462 g/mol. The van der Waals surface area contributed by atoms with Crippen LogP contribution in [0.2, 0.25) is 0 Å². The van der Waals surface area contributed by atoms with Gasteiger partial charge in [-0.15, -0.1) is 0 Å². The summed E-state index contributed by atoms with van der Waals surface area (Å²) in [5, 5.41) is 2.95. The van der Waals surface area contributed by atoms with Gasteiger partial charge in [0, 0.05) is 44.4 Å². The second kappa shape index (κ2) is 13.4. The van der Waals surface area contributed by atoms with Crippen LogP contribution < -0.4 is 24.3 Å². The van der Waals surface area contributed by atoms with Gasteiger partial charge in [-0.05, 0) is 48.9 Å². The van der Waals surface area contributed by atoms with Crippen LogP contribution in [0, 0.1) is 0 Å². The number of carbonyl (C=O) groups is 2. The number of methoxy groups -OCH3 is 4. The van der Waals surface area contributed by atoms with Crippen LogP contribution in [0.4, 0.5) is 0 Å². The van der Waals surface area contributed by atoms with Crippen LogP contribution in [0.15, 0.2) is 42.5 Å². The molecule has 36 heavy (non-hydrogen) atoms. The molecule has 9 heteroatoms. The van der Waals surface area contributed by atoms with Gasteiger partial charge in [-0.2, -0.15) is 0 Å². The van der Waals surface area contributed by atoms with Crippen molar-refractivity contribution in [2.45, 2.75) is 6.42 Å². The van der Waals surface area contributed by atoms with Crippen molar-refractivity contribution in [3.05, 3.63) is 53.6 Å². The van der Waals surface area contributed by atoms with E-state index >= 15 is 0 Å². The Kier molecular flexibility index (Phi) is 10.00. The van der Waals surface area contributed by atoms with Crippen molar-refractivity contribution in [3.8, 4) is 23.0 Å². The molecule has 0 aliphatic carbocycles. The quantitative estimate of drug-likeness (QED) is 0.377. The summed E-state index contributed by atoms with van der Waals surface area (Å²) >= 11 is 0. The van der Waals surface area contributed by atoms with Crippen LogP contribution in [-0.4, -0.2) is 89.3 Å². The summed E-state index contributed by atoms with van der Waals surface area (Å²) in [7, 11) is 6.18. The third-order valence-corrected chi connectivity index (χ3v) is 6.06. The monoisotopic (exact) mass is 497 g/mol. The highest BCUT2D eigenvalue weighted by Crippen LogP contribution is 2.38. The summed E-state index contributed by atoms with van der Waals surface area (Å²) in [6.07, 6.45) is 4.23. The van der Waals surface area contributed by atoms with Crippen molar-refractivity contribution >= 4 is 17.9 Å². The molecule has 1 fully saturated rings. The maximum Gasteiger partial charge on any atom is 0.251 e. The molecule has 0 unspecified atom stereocenters. The van der Waals surface area contributed by atoms with E-state index in [1.54, 1.807) is 25.3 Å². The zero-order valence-electron chi connectivity index (χ0n) is 21.4. The first-order valence-corrected chi connectivity index (χ1v) is 11.9. The first kappa shape index (κ1) is 26.9. The molecule has 0 radical (unpaired) electrons. The highest BCUT2D eigenvalue weighted by Gasteiger charge is 2.20. The smallest absolute Gasteiger partial charge is 0.251 e. The van der Waals surface area contributed by atoms with Gasteiger partial charge < -0.3 is 29.2 Å². The number of hydrogen-bond acceptors (Lipinski definition) is 7. The number of rotatable bonds is 11. The van der Waals surface area contributed by atoms with Crippen molar-refractivity contribution in [2.75, 3.05) is 67.7 Å². The summed E-state index contributed by atoms with van der Waals surface area (Å²) in [6, 6.07) is 10.9. The molecule has 2 aromatic carbocycles. The summed E-state index contributed by atoms with van der Waals surface area (Å²) in [4.78, 5) is 29.3. The van der Waals surface area contributed by atoms with E-state index in [1.807, 2.05) is 35.2 Å². The van der Waals surface area contributed by atoms with Crippen LogP contribution in [0.3, 0.4) is 0 Å². The first-order valence-electron chi connectivity index (χ1n) is 11.9. The third-order valence-electron chi connectivity index (χ3n) is 6.06. The van der Waals surface area contributed by atoms with Gasteiger partial charge in [0.05, 0.1) is 28.4 Å². The molecule has 1 N–H and O–H groups in total. The van der Waals surface area contributed by atoms with E-state index in [0.29, 0.717) is 42.4 Å². The second-order valence-corrected chi connectivity index (χ2v) is 8.30. The van der Waals surface area contributed by atoms with Crippen LogP contribution in [-0.2, 0) is 4.79 Å². The fourth-order valence-electron chi connectivity index (χ4n) is 4.03. The van der Waals surface area contributed by atoms with E-state index in [4.69, 9.17) is 18.9 Å². The summed E-state index contributed by atoms with van der Waals surface area (Å²) in [5.74, 6) is 1.89. The maximum atomic E-state index is 12.6. The van der Waals surface area contributed by atoms with Gasteiger partial charge >= 0.3 is 0 Å². The van der Waals surface area contributed by atoms with Crippen LogP contribution in [0.1, 0.15) is 22.3 Å². The molecule has 0 aromatic heterocycles. The van der Waals surface area contributed by atoms with Crippen molar-refractivity contribution in [3.63, 3.8) is 0 Å². The standard InChI is InChI=1S/C27H35N3O6/c1-33-22-8-5-7-20(17-22)9-10-25(31)30-15-13-29(14-16-30)12-6-11-28-27(32)21-18-23(34-2)26(36-4)24(19-21)35-3/h5,7-10,17-19H,6,11-16H2,1-4H3,(H,28,32)/b10-9+. The van der Waals surface area contributed by atoms with Crippen LogP contribution >= 0.6 is 0 Å². The van der Waals surface area contributed by atoms with Gasteiger partial charge in [-0.25, -0.2) is 0 Å². The molecular formula is C27H35N3O6. The van der Waals surface area contributed by atoms with Gasteiger partial charge in [-0.3, -0.25) is 14.5 Å². The largest absolute Gasteiger partial charge is 0.497 e. The number of amides is 2. The average Bonchev–Trinajstić information content (AvgIpc) is 2.93. The maximum absolute atomic E-state index is 12.6. The van der Waals surface area contributed by atoms with Crippen molar-refractivity contribution in [2.24, 2.45) is 0 Å². The van der Waals surface area contributed by atoms with Gasteiger partial charge in [-0.1, -0.05) is 12.1 Å². The highest BCUT2D eigenvalue weighted by atomic mass is 16.5. The van der Waals surface area contributed by atoms with E-state index < -0.39 is 0 Å². The fourth-order valence-corrected chi connectivity index (χ4v) is 4.03. The molecule has 0 atom stereocenters. The Labute approximate surface area is 212 Å². The van der Waals surface area contributed by atoms with E-state index in [-0.39, 0.29) is 11.8 Å². The molecule has 1 saturated heterocycles. The predicted molar refractivity (Wildman–Crippen MR) is 138 cm³/mol. The lowest BCUT2D eigenvalue weighted by atomic mass is 10.1. The number of carbonyl (C=O) groups excluding carboxylic acids is 2. The Balaban J connectivity index is 1.40. The number of piperazine rings is 1. The lowest BCUT2D eigenvalue weighted by Gasteiger charge is -2.34. The molecule has 9 nitrogen and oxygen atoms in total. The lowest BCUT2D eigenvalue weighted by Crippen LogP contribution is -2.48.